The lowest BCUT2D eigenvalue weighted by atomic mass is 9.86. The topological polar surface area (TPSA) is 46.6 Å². The lowest BCUT2D eigenvalue weighted by Gasteiger charge is -2.58. The highest BCUT2D eigenvalue weighted by atomic mass is 28.4. The Morgan fingerprint density at radius 1 is 1.04 bits per heavy atom. The van der Waals surface area contributed by atoms with Crippen molar-refractivity contribution >= 4 is 28.7 Å². The van der Waals surface area contributed by atoms with E-state index in [-0.39, 0.29) is 27.9 Å². The van der Waals surface area contributed by atoms with Crippen LogP contribution in [-0.2, 0) is 14.0 Å². The molecule has 25 heavy (non-hydrogen) atoms. The minimum Gasteiger partial charge on any atom is -0.417 e. The van der Waals surface area contributed by atoms with E-state index in [4.69, 9.17) is 4.43 Å². The molecule has 146 valence electrons. The van der Waals surface area contributed by atoms with Crippen LogP contribution in [0.2, 0.25) is 36.3 Å². The summed E-state index contributed by atoms with van der Waals surface area (Å²) in [5, 5.41) is 0.262. The van der Waals surface area contributed by atoms with Crippen molar-refractivity contribution in [3.63, 3.8) is 0 Å². The van der Waals surface area contributed by atoms with Gasteiger partial charge in [-0.15, -0.1) is 0 Å². The molecule has 1 heterocycles. The van der Waals surface area contributed by atoms with Gasteiger partial charge < -0.3 is 13.8 Å². The van der Waals surface area contributed by atoms with Gasteiger partial charge in [-0.1, -0.05) is 54.6 Å². The van der Waals surface area contributed by atoms with Crippen molar-refractivity contribution < 1.29 is 14.0 Å². The minimum atomic E-state index is -1.94. The molecule has 0 radical (unpaired) electrons. The summed E-state index contributed by atoms with van der Waals surface area (Å²) in [7, 11) is -3.73. The lowest BCUT2D eigenvalue weighted by molar-refractivity contribution is -0.149. The second-order valence-electron chi connectivity index (χ2n) is 10.5. The third-order valence-corrected chi connectivity index (χ3v) is 16.8. The molecule has 1 aliphatic heterocycles. The molecular formula is C19H39NO3Si2. The summed E-state index contributed by atoms with van der Waals surface area (Å²) in [5.41, 5.74) is 0. The molecule has 1 aliphatic rings. The first-order valence-corrected chi connectivity index (χ1v) is 15.3. The molecule has 0 spiro atoms. The Hall–Kier alpha value is -0.466. The Labute approximate surface area is 156 Å². The zero-order valence-electron chi connectivity index (χ0n) is 18.0. The normalized spacial score (nSPS) is 22.8. The number of carbonyl (C=O) groups excluding carboxylic acids is 2. The highest BCUT2D eigenvalue weighted by Crippen LogP contribution is 2.46. The zero-order chi connectivity index (χ0) is 19.8. The van der Waals surface area contributed by atoms with Crippen molar-refractivity contribution in [2.24, 2.45) is 5.92 Å². The van der Waals surface area contributed by atoms with Crippen LogP contribution in [0.4, 0.5) is 0 Å². The van der Waals surface area contributed by atoms with Crippen LogP contribution >= 0.6 is 0 Å². The predicted molar refractivity (Wildman–Crippen MR) is 110 cm³/mol. The number of hydrogen-bond donors (Lipinski definition) is 0. The van der Waals surface area contributed by atoms with Crippen LogP contribution in [-0.4, -0.2) is 46.0 Å². The molecule has 0 aromatic rings. The van der Waals surface area contributed by atoms with Gasteiger partial charge >= 0.3 is 0 Å². The quantitative estimate of drug-likeness (QED) is 0.358. The van der Waals surface area contributed by atoms with Crippen molar-refractivity contribution in [1.29, 1.82) is 0 Å². The van der Waals surface area contributed by atoms with Crippen LogP contribution in [0.25, 0.3) is 0 Å². The Morgan fingerprint density at radius 3 is 1.96 bits per heavy atom. The van der Waals surface area contributed by atoms with Crippen molar-refractivity contribution in [3.05, 3.63) is 0 Å². The highest BCUT2D eigenvalue weighted by Gasteiger charge is 2.56. The summed E-state index contributed by atoms with van der Waals surface area (Å²) in [6, 6.07) is 0.0638. The van der Waals surface area contributed by atoms with Crippen molar-refractivity contribution in [3.8, 4) is 0 Å². The van der Waals surface area contributed by atoms with Crippen molar-refractivity contribution in [2.75, 3.05) is 6.61 Å². The number of rotatable bonds is 7. The molecule has 1 fully saturated rings. The standard InChI is InChI=1S/C19H39NO3Si2/c1-18(2,3)24(7,8)20-16(11-13-21)15(17(20)22)12-14-23-25(9,10)19(4,5)6/h13,15-16H,11-12,14H2,1-10H3. The molecule has 1 amide bonds. The van der Waals surface area contributed by atoms with Gasteiger partial charge in [0, 0.05) is 19.1 Å². The van der Waals surface area contributed by atoms with Gasteiger partial charge in [0.2, 0.25) is 5.91 Å². The van der Waals surface area contributed by atoms with E-state index in [1.807, 2.05) is 0 Å². The average molecular weight is 386 g/mol. The number of amides is 1. The molecule has 4 nitrogen and oxygen atoms in total. The average Bonchev–Trinajstić information content (AvgIpc) is 2.40. The highest BCUT2D eigenvalue weighted by molar-refractivity contribution is 6.80. The lowest BCUT2D eigenvalue weighted by Crippen LogP contribution is -2.72. The summed E-state index contributed by atoms with van der Waals surface area (Å²) in [6.45, 7) is 22.9. The number of hydrogen-bond acceptors (Lipinski definition) is 3. The molecule has 6 heteroatoms. The van der Waals surface area contributed by atoms with E-state index in [1.165, 1.54) is 0 Å². The second kappa shape index (κ2) is 7.27. The van der Waals surface area contributed by atoms with Gasteiger partial charge in [0.25, 0.3) is 0 Å². The van der Waals surface area contributed by atoms with E-state index in [9.17, 15) is 9.59 Å². The molecule has 2 atom stereocenters. The summed E-state index contributed by atoms with van der Waals surface area (Å²) < 4.78 is 8.34. The van der Waals surface area contributed by atoms with Crippen LogP contribution < -0.4 is 0 Å². The Balaban J connectivity index is 2.80. The van der Waals surface area contributed by atoms with Crippen LogP contribution in [0.15, 0.2) is 0 Å². The van der Waals surface area contributed by atoms with Gasteiger partial charge in [0.05, 0.1) is 5.92 Å². The molecule has 1 saturated heterocycles. The number of β-lactam (4-membered cyclic amide) rings is 1. The van der Waals surface area contributed by atoms with E-state index in [1.54, 1.807) is 0 Å². The molecular weight excluding hydrogens is 346 g/mol. The van der Waals surface area contributed by atoms with E-state index in [0.29, 0.717) is 13.0 Å². The van der Waals surface area contributed by atoms with Crippen LogP contribution in [0.3, 0.4) is 0 Å². The van der Waals surface area contributed by atoms with Gasteiger partial charge in [-0.3, -0.25) is 4.79 Å². The first-order valence-electron chi connectivity index (χ1n) is 9.48. The molecule has 0 bridgehead atoms. The molecule has 0 aromatic heterocycles. The Bertz CT molecular complexity index is 504. The maximum absolute atomic E-state index is 12.9. The fourth-order valence-corrected chi connectivity index (χ4v) is 6.61. The smallest absolute Gasteiger partial charge is 0.220 e. The maximum Gasteiger partial charge on any atom is 0.220 e. The first-order chi connectivity index (χ1) is 11.1. The van der Waals surface area contributed by atoms with Crippen LogP contribution in [0, 0.1) is 5.92 Å². The third-order valence-electron chi connectivity index (χ3n) is 6.82. The van der Waals surface area contributed by atoms with Gasteiger partial charge in [-0.05, 0) is 29.6 Å². The molecule has 0 saturated carbocycles. The van der Waals surface area contributed by atoms with Gasteiger partial charge in [0.15, 0.2) is 16.6 Å². The molecule has 2 unspecified atom stereocenters. The van der Waals surface area contributed by atoms with Crippen LogP contribution in [0.5, 0.6) is 0 Å². The van der Waals surface area contributed by atoms with E-state index in [0.717, 1.165) is 12.7 Å². The van der Waals surface area contributed by atoms with Gasteiger partial charge in [-0.25, -0.2) is 0 Å². The summed E-state index contributed by atoms with van der Waals surface area (Å²) >= 11 is 0. The summed E-state index contributed by atoms with van der Waals surface area (Å²) in [4.78, 5) is 24.1. The fourth-order valence-electron chi connectivity index (χ4n) is 3.00. The van der Waals surface area contributed by atoms with E-state index in [2.05, 4.69) is 72.3 Å². The maximum atomic E-state index is 12.9. The second-order valence-corrected chi connectivity index (χ2v) is 20.4. The number of aldehydes is 1. The van der Waals surface area contributed by atoms with Gasteiger partial charge in [0.1, 0.15) is 6.29 Å². The molecule has 0 aromatic carbocycles. The Morgan fingerprint density at radius 2 is 1.56 bits per heavy atom. The minimum absolute atomic E-state index is 0.0518. The number of carbonyl (C=O) groups is 2. The Kier molecular flexibility index (Phi) is 6.57. The molecule has 1 rings (SSSR count). The monoisotopic (exact) mass is 385 g/mol. The van der Waals surface area contributed by atoms with Crippen molar-refractivity contribution in [2.45, 2.75) is 96.7 Å². The fraction of sp³-hybridized carbons (Fsp3) is 0.895. The van der Waals surface area contributed by atoms with E-state index >= 15 is 0 Å². The largest absolute Gasteiger partial charge is 0.417 e. The predicted octanol–water partition coefficient (Wildman–Crippen LogP) is 4.82. The number of nitrogens with zero attached hydrogens (tertiary/aromatic N) is 1. The molecule has 0 N–H and O–H groups in total. The summed E-state index contributed by atoms with van der Waals surface area (Å²) in [5.74, 6) is 0.182. The SMILES string of the molecule is CC(C)(C)[Si](C)(C)OCCC1C(=O)N([Si](C)(C)C(C)(C)C)C1CC=O. The van der Waals surface area contributed by atoms with Gasteiger partial charge in [-0.2, -0.15) is 0 Å². The van der Waals surface area contributed by atoms with Crippen LogP contribution in [0.1, 0.15) is 54.4 Å². The molecule has 0 aliphatic carbocycles. The zero-order valence-corrected chi connectivity index (χ0v) is 20.0. The van der Waals surface area contributed by atoms with Crippen molar-refractivity contribution in [1.82, 2.24) is 4.57 Å². The third kappa shape index (κ3) is 4.45. The summed E-state index contributed by atoms with van der Waals surface area (Å²) in [6.07, 6.45) is 2.15. The van der Waals surface area contributed by atoms with E-state index < -0.39 is 16.6 Å². The first kappa shape index (κ1) is 22.6.